The summed E-state index contributed by atoms with van der Waals surface area (Å²) in [6.45, 7) is 7.55. The Hall–Kier alpha value is -1.02. The van der Waals surface area contributed by atoms with Crippen LogP contribution in [0.15, 0.2) is 24.3 Å². The molecule has 0 heterocycles. The molecule has 0 atom stereocenters. The van der Waals surface area contributed by atoms with Gasteiger partial charge < -0.3 is 10.1 Å². The van der Waals surface area contributed by atoms with Crippen LogP contribution in [0.2, 0.25) is 0 Å². The number of rotatable bonds is 4. The monoisotopic (exact) mass is 207 g/mol. The lowest BCUT2D eigenvalue weighted by atomic mass is 10.1. The van der Waals surface area contributed by atoms with Crippen molar-refractivity contribution in [3.8, 4) is 5.75 Å². The highest BCUT2D eigenvalue weighted by atomic mass is 16.5. The summed E-state index contributed by atoms with van der Waals surface area (Å²) in [5.74, 6) is 0.919. The summed E-state index contributed by atoms with van der Waals surface area (Å²) in [5.41, 5.74) is 1.54. The summed E-state index contributed by atoms with van der Waals surface area (Å²) in [6.07, 6.45) is 1.06. The van der Waals surface area contributed by atoms with E-state index in [1.165, 1.54) is 5.56 Å². The van der Waals surface area contributed by atoms with E-state index in [0.717, 1.165) is 18.7 Å². The van der Waals surface area contributed by atoms with Gasteiger partial charge in [-0.15, -0.1) is 0 Å². The topological polar surface area (TPSA) is 21.3 Å². The van der Waals surface area contributed by atoms with E-state index in [-0.39, 0.29) is 5.54 Å². The third-order valence-electron chi connectivity index (χ3n) is 2.23. The Kier molecular flexibility index (Phi) is 4.15. The molecular weight excluding hydrogens is 186 g/mol. The second-order valence-electron chi connectivity index (χ2n) is 4.77. The van der Waals surface area contributed by atoms with Crippen LogP contribution in [0.4, 0.5) is 0 Å². The van der Waals surface area contributed by atoms with Gasteiger partial charge in [0.25, 0.3) is 0 Å². The van der Waals surface area contributed by atoms with E-state index in [4.69, 9.17) is 4.74 Å². The fourth-order valence-corrected chi connectivity index (χ4v) is 1.37. The molecule has 0 amide bonds. The lowest BCUT2D eigenvalue weighted by Gasteiger charge is -2.20. The standard InChI is InChI=1S/C13H21NO/c1-13(2,3)14-10-9-11-5-7-12(15-4)8-6-11/h5-8,14H,9-10H2,1-4H3. The van der Waals surface area contributed by atoms with Crippen molar-refractivity contribution in [3.05, 3.63) is 29.8 Å². The maximum Gasteiger partial charge on any atom is 0.118 e. The highest BCUT2D eigenvalue weighted by Crippen LogP contribution is 2.11. The van der Waals surface area contributed by atoms with Crippen molar-refractivity contribution < 1.29 is 4.74 Å². The van der Waals surface area contributed by atoms with E-state index in [1.54, 1.807) is 7.11 Å². The van der Waals surface area contributed by atoms with E-state index in [9.17, 15) is 0 Å². The fourth-order valence-electron chi connectivity index (χ4n) is 1.37. The third-order valence-corrected chi connectivity index (χ3v) is 2.23. The van der Waals surface area contributed by atoms with Crippen molar-refractivity contribution in [1.82, 2.24) is 5.32 Å². The van der Waals surface area contributed by atoms with Crippen LogP contribution in [0.25, 0.3) is 0 Å². The average Bonchev–Trinajstić information content (AvgIpc) is 2.17. The first-order valence-electron chi connectivity index (χ1n) is 5.39. The Balaban J connectivity index is 2.38. The molecular formula is C13H21NO. The maximum atomic E-state index is 5.11. The van der Waals surface area contributed by atoms with Gasteiger partial charge in [0.15, 0.2) is 0 Å². The van der Waals surface area contributed by atoms with Gasteiger partial charge in [-0.05, 0) is 51.4 Å². The number of hydrogen-bond acceptors (Lipinski definition) is 2. The van der Waals surface area contributed by atoms with E-state index < -0.39 is 0 Å². The molecule has 15 heavy (non-hydrogen) atoms. The molecule has 1 rings (SSSR count). The van der Waals surface area contributed by atoms with Gasteiger partial charge in [0.05, 0.1) is 7.11 Å². The molecule has 1 aromatic rings. The molecule has 0 aliphatic heterocycles. The van der Waals surface area contributed by atoms with Gasteiger partial charge in [0.1, 0.15) is 5.75 Å². The average molecular weight is 207 g/mol. The molecule has 0 bridgehead atoms. The molecule has 0 aliphatic rings. The second-order valence-corrected chi connectivity index (χ2v) is 4.77. The van der Waals surface area contributed by atoms with Crippen molar-refractivity contribution in [2.24, 2.45) is 0 Å². The number of nitrogens with one attached hydrogen (secondary N) is 1. The first-order valence-corrected chi connectivity index (χ1v) is 5.39. The van der Waals surface area contributed by atoms with E-state index in [0.29, 0.717) is 0 Å². The van der Waals surface area contributed by atoms with Crippen LogP contribution in [-0.2, 0) is 6.42 Å². The minimum absolute atomic E-state index is 0.201. The molecule has 1 N–H and O–H groups in total. The Bertz CT molecular complexity index is 284. The van der Waals surface area contributed by atoms with Crippen LogP contribution in [0.1, 0.15) is 26.3 Å². The molecule has 0 radical (unpaired) electrons. The van der Waals surface area contributed by atoms with Crippen LogP contribution in [0, 0.1) is 0 Å². The van der Waals surface area contributed by atoms with Crippen LogP contribution >= 0.6 is 0 Å². The number of hydrogen-bond donors (Lipinski definition) is 1. The summed E-state index contributed by atoms with van der Waals surface area (Å²) in [5, 5.41) is 3.47. The highest BCUT2D eigenvalue weighted by Gasteiger charge is 2.07. The summed E-state index contributed by atoms with van der Waals surface area (Å²) in [4.78, 5) is 0. The van der Waals surface area contributed by atoms with Crippen molar-refractivity contribution in [3.63, 3.8) is 0 Å². The van der Waals surface area contributed by atoms with Gasteiger partial charge in [-0.25, -0.2) is 0 Å². The SMILES string of the molecule is COc1ccc(CCNC(C)(C)C)cc1. The quantitative estimate of drug-likeness (QED) is 0.819. The molecule has 0 unspecified atom stereocenters. The first kappa shape index (κ1) is 12.1. The Labute approximate surface area is 92.6 Å². The highest BCUT2D eigenvalue weighted by molar-refractivity contribution is 5.27. The summed E-state index contributed by atoms with van der Waals surface area (Å²) in [6, 6.07) is 8.24. The Morgan fingerprint density at radius 2 is 1.73 bits per heavy atom. The van der Waals surface area contributed by atoms with Gasteiger partial charge in [0, 0.05) is 5.54 Å². The first-order chi connectivity index (χ1) is 7.01. The van der Waals surface area contributed by atoms with Gasteiger partial charge in [-0.2, -0.15) is 0 Å². The van der Waals surface area contributed by atoms with Gasteiger partial charge in [0.2, 0.25) is 0 Å². The predicted octanol–water partition coefficient (Wildman–Crippen LogP) is 2.63. The minimum atomic E-state index is 0.201. The van der Waals surface area contributed by atoms with Gasteiger partial charge >= 0.3 is 0 Å². The summed E-state index contributed by atoms with van der Waals surface area (Å²) >= 11 is 0. The van der Waals surface area contributed by atoms with Crippen molar-refractivity contribution in [2.75, 3.05) is 13.7 Å². The molecule has 0 fully saturated rings. The fraction of sp³-hybridized carbons (Fsp3) is 0.538. The molecule has 2 heteroatoms. The minimum Gasteiger partial charge on any atom is -0.497 e. The normalized spacial score (nSPS) is 11.5. The van der Waals surface area contributed by atoms with Gasteiger partial charge in [-0.3, -0.25) is 0 Å². The number of ether oxygens (including phenoxy) is 1. The lowest BCUT2D eigenvalue weighted by molar-refractivity contribution is 0.414. The van der Waals surface area contributed by atoms with Crippen LogP contribution in [0.3, 0.4) is 0 Å². The Morgan fingerprint density at radius 3 is 2.20 bits per heavy atom. The summed E-state index contributed by atoms with van der Waals surface area (Å²) in [7, 11) is 1.69. The number of benzene rings is 1. The van der Waals surface area contributed by atoms with Crippen LogP contribution < -0.4 is 10.1 Å². The zero-order chi connectivity index (χ0) is 11.3. The zero-order valence-electron chi connectivity index (χ0n) is 10.1. The molecule has 84 valence electrons. The van der Waals surface area contributed by atoms with Crippen molar-refractivity contribution >= 4 is 0 Å². The smallest absolute Gasteiger partial charge is 0.118 e. The zero-order valence-corrected chi connectivity index (χ0v) is 10.1. The molecule has 2 nitrogen and oxygen atoms in total. The molecule has 0 aliphatic carbocycles. The molecule has 1 aromatic carbocycles. The maximum absolute atomic E-state index is 5.11. The van der Waals surface area contributed by atoms with E-state index in [1.807, 2.05) is 12.1 Å². The van der Waals surface area contributed by atoms with Crippen LogP contribution in [0.5, 0.6) is 5.75 Å². The van der Waals surface area contributed by atoms with Crippen molar-refractivity contribution in [1.29, 1.82) is 0 Å². The predicted molar refractivity (Wildman–Crippen MR) is 64.5 cm³/mol. The number of methoxy groups -OCH3 is 1. The van der Waals surface area contributed by atoms with Crippen molar-refractivity contribution in [2.45, 2.75) is 32.7 Å². The Morgan fingerprint density at radius 1 is 1.13 bits per heavy atom. The largest absolute Gasteiger partial charge is 0.497 e. The molecule has 0 saturated carbocycles. The molecule has 0 spiro atoms. The van der Waals surface area contributed by atoms with Gasteiger partial charge in [-0.1, -0.05) is 12.1 Å². The molecule has 0 saturated heterocycles. The molecule has 0 aromatic heterocycles. The summed E-state index contributed by atoms with van der Waals surface area (Å²) < 4.78 is 5.11. The van der Waals surface area contributed by atoms with E-state index in [2.05, 4.69) is 38.2 Å². The second kappa shape index (κ2) is 5.17. The van der Waals surface area contributed by atoms with Crippen LogP contribution in [-0.4, -0.2) is 19.2 Å². The third kappa shape index (κ3) is 4.84. The lowest BCUT2D eigenvalue weighted by Crippen LogP contribution is -2.37. The van der Waals surface area contributed by atoms with E-state index >= 15 is 0 Å².